The fraction of sp³-hybridized carbons (Fsp3) is 0.725. The van der Waals surface area contributed by atoms with E-state index in [9.17, 15) is 14.4 Å². The Bertz CT molecular complexity index is 1480. The summed E-state index contributed by atoms with van der Waals surface area (Å²) in [6.07, 6.45) is 84.4. The Labute approximate surface area is 464 Å². The molecule has 0 aromatic rings. The van der Waals surface area contributed by atoms with Crippen LogP contribution < -0.4 is 0 Å². The van der Waals surface area contributed by atoms with Crippen molar-refractivity contribution >= 4 is 17.9 Å². The minimum atomic E-state index is -0.817. The number of carbonyl (C=O) groups is 3. The molecular weight excluding hydrogens is 925 g/mol. The molecular formula is C69H118O6. The largest absolute Gasteiger partial charge is 0.462 e. The van der Waals surface area contributed by atoms with E-state index >= 15 is 0 Å². The number of hydrogen-bond acceptors (Lipinski definition) is 6. The highest BCUT2D eigenvalue weighted by Crippen LogP contribution is 2.16. The van der Waals surface area contributed by atoms with Gasteiger partial charge < -0.3 is 14.2 Å². The van der Waals surface area contributed by atoms with Gasteiger partial charge in [-0.2, -0.15) is 0 Å². The molecule has 0 aromatic carbocycles. The highest BCUT2D eigenvalue weighted by molar-refractivity contribution is 5.71. The zero-order valence-corrected chi connectivity index (χ0v) is 49.3. The molecule has 0 fully saturated rings. The predicted molar refractivity (Wildman–Crippen MR) is 325 cm³/mol. The number of rotatable bonds is 57. The minimum absolute atomic E-state index is 0.105. The van der Waals surface area contributed by atoms with Crippen molar-refractivity contribution < 1.29 is 28.6 Å². The van der Waals surface area contributed by atoms with Crippen molar-refractivity contribution in [1.29, 1.82) is 0 Å². The Morgan fingerprint density at radius 2 is 0.547 bits per heavy atom. The van der Waals surface area contributed by atoms with E-state index in [1.807, 2.05) is 6.08 Å². The van der Waals surface area contributed by atoms with Crippen molar-refractivity contribution in [2.75, 3.05) is 13.2 Å². The van der Waals surface area contributed by atoms with Crippen LogP contribution in [0.4, 0.5) is 0 Å². The second kappa shape index (κ2) is 62.9. The average molecular weight is 1040 g/mol. The van der Waals surface area contributed by atoms with E-state index in [1.165, 1.54) is 173 Å². The number of hydrogen-bond donors (Lipinski definition) is 0. The molecule has 0 aliphatic rings. The van der Waals surface area contributed by atoms with Gasteiger partial charge in [0, 0.05) is 19.3 Å². The minimum Gasteiger partial charge on any atom is -0.462 e. The zero-order valence-electron chi connectivity index (χ0n) is 49.3. The molecule has 430 valence electrons. The molecule has 0 heterocycles. The second-order valence-electron chi connectivity index (χ2n) is 20.9. The summed E-state index contributed by atoms with van der Waals surface area (Å²) in [6, 6.07) is 0. The maximum atomic E-state index is 12.8. The van der Waals surface area contributed by atoms with Crippen LogP contribution in [0.15, 0.2) is 97.2 Å². The molecule has 0 saturated carbocycles. The first-order chi connectivity index (χ1) is 37.0. The molecule has 0 N–H and O–H groups in total. The fourth-order valence-electron chi connectivity index (χ4n) is 8.85. The molecule has 1 atom stereocenters. The summed E-state index contributed by atoms with van der Waals surface area (Å²) in [5.41, 5.74) is 0. The van der Waals surface area contributed by atoms with Gasteiger partial charge in [0.25, 0.3) is 0 Å². The van der Waals surface area contributed by atoms with Gasteiger partial charge in [-0.3, -0.25) is 14.4 Å². The number of esters is 3. The molecule has 0 aliphatic heterocycles. The van der Waals surface area contributed by atoms with E-state index in [4.69, 9.17) is 14.2 Å². The second-order valence-corrected chi connectivity index (χ2v) is 20.9. The van der Waals surface area contributed by atoms with E-state index in [1.54, 1.807) is 0 Å². The highest BCUT2D eigenvalue weighted by Gasteiger charge is 2.19. The lowest BCUT2D eigenvalue weighted by molar-refractivity contribution is -0.166. The number of unbranched alkanes of at least 4 members (excludes halogenated alkanes) is 30. The molecule has 0 bridgehead atoms. The summed E-state index contributed by atoms with van der Waals surface area (Å²) < 4.78 is 16.8. The first-order valence-electron chi connectivity index (χ1n) is 31.7. The van der Waals surface area contributed by atoms with Crippen LogP contribution >= 0.6 is 0 Å². The van der Waals surface area contributed by atoms with Crippen LogP contribution in [0.25, 0.3) is 0 Å². The Hall–Kier alpha value is -3.67. The van der Waals surface area contributed by atoms with Crippen LogP contribution in [-0.2, 0) is 28.6 Å². The average Bonchev–Trinajstić information content (AvgIpc) is 3.41. The summed E-state index contributed by atoms with van der Waals surface area (Å²) in [7, 11) is 0. The van der Waals surface area contributed by atoms with Crippen LogP contribution in [0, 0.1) is 0 Å². The molecule has 0 aliphatic carbocycles. The quantitative estimate of drug-likeness (QED) is 0.0261. The van der Waals surface area contributed by atoms with E-state index < -0.39 is 6.10 Å². The van der Waals surface area contributed by atoms with Gasteiger partial charge in [-0.25, -0.2) is 0 Å². The maximum Gasteiger partial charge on any atom is 0.306 e. The maximum absolute atomic E-state index is 12.8. The van der Waals surface area contributed by atoms with E-state index in [2.05, 4.69) is 112 Å². The molecule has 1 unspecified atom stereocenters. The summed E-state index contributed by atoms with van der Waals surface area (Å²) in [5, 5.41) is 0. The molecule has 0 spiro atoms. The van der Waals surface area contributed by atoms with Gasteiger partial charge in [0.15, 0.2) is 6.10 Å². The molecule has 0 aromatic heterocycles. The Kier molecular flexibility index (Phi) is 59.8. The van der Waals surface area contributed by atoms with Crippen LogP contribution in [0.3, 0.4) is 0 Å². The lowest BCUT2D eigenvalue weighted by atomic mass is 10.0. The van der Waals surface area contributed by atoms with Gasteiger partial charge >= 0.3 is 17.9 Å². The molecule has 6 heteroatoms. The zero-order chi connectivity index (χ0) is 54.3. The molecule has 75 heavy (non-hydrogen) atoms. The van der Waals surface area contributed by atoms with Crippen LogP contribution in [-0.4, -0.2) is 37.2 Å². The molecule has 0 rings (SSSR count). The van der Waals surface area contributed by atoms with Gasteiger partial charge in [-0.05, 0) is 89.9 Å². The standard InChI is InChI=1S/C69H118O6/c1-4-7-10-13-16-19-22-24-26-28-30-31-32-33-34-35-36-37-39-40-42-44-47-50-53-56-59-62-68(71)74-65-66(64-73-67(70)61-58-55-52-49-46-21-18-15-12-9-6-3)75-69(72)63-60-57-54-51-48-45-43-41-38-29-27-25-23-20-17-14-11-8-5-2/h8,11,17,20,22,24-25,27-28,30,38,41,45,48,54,57,66H,4-7,9-10,12-16,18-19,21,23,26,29,31-37,39-40,42-44,46-47,49-53,55-56,58-65H2,1-3H3/b11-8-,20-17-,24-22-,27-25-,30-28-,41-38-,48-45-,57-54-. The van der Waals surface area contributed by atoms with Crippen molar-refractivity contribution in [2.24, 2.45) is 0 Å². The SMILES string of the molecule is CC/C=C\C/C=C\C/C=C\C/C=C\C/C=C\C/C=C\CCC(=O)OC(COC(=O)CCCCCCCCCCCCC)COC(=O)CCCCCCCCCCCCCCCCC/C=C\C/C=C\CCCCCCC. The van der Waals surface area contributed by atoms with Gasteiger partial charge in [0.2, 0.25) is 0 Å². The molecule has 0 radical (unpaired) electrons. The van der Waals surface area contributed by atoms with Crippen molar-refractivity contribution in [3.05, 3.63) is 97.2 Å². The Balaban J connectivity index is 4.31. The van der Waals surface area contributed by atoms with Crippen LogP contribution in [0.1, 0.15) is 303 Å². The van der Waals surface area contributed by atoms with E-state index in [0.717, 1.165) is 83.5 Å². The van der Waals surface area contributed by atoms with Crippen molar-refractivity contribution in [2.45, 2.75) is 309 Å². The molecule has 0 saturated heterocycles. The molecule has 0 amide bonds. The number of ether oxygens (including phenoxy) is 3. The summed E-state index contributed by atoms with van der Waals surface area (Å²) in [5.74, 6) is -0.982. The van der Waals surface area contributed by atoms with E-state index in [-0.39, 0.29) is 37.5 Å². The third kappa shape index (κ3) is 61.1. The highest BCUT2D eigenvalue weighted by atomic mass is 16.6. The fourth-order valence-corrected chi connectivity index (χ4v) is 8.85. The van der Waals surface area contributed by atoms with Crippen LogP contribution in [0.2, 0.25) is 0 Å². The first kappa shape index (κ1) is 71.3. The summed E-state index contributed by atoms with van der Waals surface area (Å²) in [4.78, 5) is 38.2. The van der Waals surface area contributed by atoms with Gasteiger partial charge in [-0.15, -0.1) is 0 Å². The number of allylic oxidation sites excluding steroid dienone is 16. The Morgan fingerprint density at radius 3 is 0.867 bits per heavy atom. The normalized spacial score (nSPS) is 12.7. The smallest absolute Gasteiger partial charge is 0.306 e. The topological polar surface area (TPSA) is 78.9 Å². The van der Waals surface area contributed by atoms with Gasteiger partial charge in [-0.1, -0.05) is 291 Å². The third-order valence-corrected chi connectivity index (χ3v) is 13.6. The van der Waals surface area contributed by atoms with E-state index in [0.29, 0.717) is 19.3 Å². The van der Waals surface area contributed by atoms with Crippen LogP contribution in [0.5, 0.6) is 0 Å². The molecule has 6 nitrogen and oxygen atoms in total. The first-order valence-corrected chi connectivity index (χ1v) is 31.7. The van der Waals surface area contributed by atoms with Crippen molar-refractivity contribution in [3.8, 4) is 0 Å². The van der Waals surface area contributed by atoms with Gasteiger partial charge in [0.05, 0.1) is 0 Å². The number of carbonyl (C=O) groups excluding carboxylic acids is 3. The monoisotopic (exact) mass is 1040 g/mol. The lowest BCUT2D eigenvalue weighted by Crippen LogP contribution is -2.30. The van der Waals surface area contributed by atoms with Gasteiger partial charge in [0.1, 0.15) is 13.2 Å². The van der Waals surface area contributed by atoms with Crippen molar-refractivity contribution in [1.82, 2.24) is 0 Å². The van der Waals surface area contributed by atoms with Crippen molar-refractivity contribution in [3.63, 3.8) is 0 Å². The third-order valence-electron chi connectivity index (χ3n) is 13.6. The lowest BCUT2D eigenvalue weighted by Gasteiger charge is -2.18. The Morgan fingerprint density at radius 1 is 0.280 bits per heavy atom. The predicted octanol–water partition coefficient (Wildman–Crippen LogP) is 21.7. The summed E-state index contributed by atoms with van der Waals surface area (Å²) in [6.45, 7) is 6.47. The summed E-state index contributed by atoms with van der Waals surface area (Å²) >= 11 is 0.